The van der Waals surface area contributed by atoms with Crippen LogP contribution in [-0.2, 0) is 13.2 Å². The zero-order chi connectivity index (χ0) is 13.8. The Kier molecular flexibility index (Phi) is 4.33. The maximum Gasteiger partial charge on any atom is 0.135 e. The Morgan fingerprint density at radius 1 is 1.30 bits per heavy atom. The third-order valence-corrected chi connectivity index (χ3v) is 4.22. The lowest BCUT2D eigenvalue weighted by Gasteiger charge is -2.23. The summed E-state index contributed by atoms with van der Waals surface area (Å²) in [7, 11) is 0. The summed E-state index contributed by atoms with van der Waals surface area (Å²) in [6.45, 7) is 2.12. The average Bonchev–Trinajstić information content (AvgIpc) is 2.87. The highest BCUT2D eigenvalue weighted by Crippen LogP contribution is 2.18. The topological polar surface area (TPSA) is 50.1 Å². The van der Waals surface area contributed by atoms with Gasteiger partial charge < -0.3 is 15.0 Å². The fourth-order valence-corrected chi connectivity index (χ4v) is 3.16. The molecule has 2 aromatic rings. The van der Waals surface area contributed by atoms with Crippen molar-refractivity contribution in [2.75, 3.05) is 6.54 Å². The van der Waals surface area contributed by atoms with E-state index < -0.39 is 0 Å². The second kappa shape index (κ2) is 6.37. The van der Waals surface area contributed by atoms with Crippen molar-refractivity contribution in [2.24, 2.45) is 0 Å². The van der Waals surface area contributed by atoms with E-state index in [4.69, 9.17) is 0 Å². The summed E-state index contributed by atoms with van der Waals surface area (Å²) in [6.07, 6.45) is 6.31. The zero-order valence-electron chi connectivity index (χ0n) is 11.9. The van der Waals surface area contributed by atoms with E-state index in [1.165, 1.54) is 32.2 Å². The Morgan fingerprint density at radius 2 is 2.20 bits per heavy atom. The molecule has 108 valence electrons. The highest BCUT2D eigenvalue weighted by atomic mass is 16.3. The number of piperidine rings is 1. The third-order valence-electron chi connectivity index (χ3n) is 4.22. The predicted molar refractivity (Wildman–Crippen MR) is 80.5 cm³/mol. The molecule has 4 nitrogen and oxygen atoms in total. The van der Waals surface area contributed by atoms with E-state index in [2.05, 4.69) is 20.9 Å². The van der Waals surface area contributed by atoms with E-state index in [9.17, 15) is 5.11 Å². The molecule has 4 heteroatoms. The van der Waals surface area contributed by atoms with Crippen molar-refractivity contribution in [3.63, 3.8) is 0 Å². The molecule has 1 aliphatic heterocycles. The van der Waals surface area contributed by atoms with Gasteiger partial charge in [-0.05, 0) is 44.4 Å². The predicted octanol–water partition coefficient (Wildman–Crippen LogP) is 2.45. The number of fused-ring (bicyclic) bond motifs is 1. The van der Waals surface area contributed by atoms with Crippen molar-refractivity contribution in [2.45, 2.75) is 51.3 Å². The Morgan fingerprint density at radius 3 is 3.00 bits per heavy atom. The number of aliphatic hydroxyl groups excluding tert-OH is 1. The number of nitrogens with one attached hydrogen (secondary N) is 1. The van der Waals surface area contributed by atoms with Crippen LogP contribution in [0.3, 0.4) is 0 Å². The molecule has 2 N–H and O–H groups in total. The van der Waals surface area contributed by atoms with E-state index >= 15 is 0 Å². The van der Waals surface area contributed by atoms with E-state index in [1.54, 1.807) is 0 Å². The van der Waals surface area contributed by atoms with Crippen molar-refractivity contribution in [3.8, 4) is 0 Å². The lowest BCUT2D eigenvalue weighted by molar-refractivity contribution is 0.264. The summed E-state index contributed by atoms with van der Waals surface area (Å²) < 4.78 is 2.16. The van der Waals surface area contributed by atoms with Crippen LogP contribution in [0.5, 0.6) is 0 Å². The number of aliphatic hydroxyl groups is 1. The van der Waals surface area contributed by atoms with Crippen LogP contribution in [0.2, 0.25) is 0 Å². The largest absolute Gasteiger partial charge is 0.388 e. The lowest BCUT2D eigenvalue weighted by Crippen LogP contribution is -2.34. The van der Waals surface area contributed by atoms with Crippen LogP contribution in [-0.4, -0.2) is 27.2 Å². The maximum absolute atomic E-state index is 9.47. The van der Waals surface area contributed by atoms with Crippen LogP contribution in [0.4, 0.5) is 0 Å². The third kappa shape index (κ3) is 2.86. The molecule has 1 aliphatic rings. The minimum atomic E-state index is 0.0103. The molecule has 1 saturated heterocycles. The maximum atomic E-state index is 9.47. The average molecular weight is 273 g/mol. The molecular formula is C16H23N3O. The summed E-state index contributed by atoms with van der Waals surface area (Å²) >= 11 is 0. The Hall–Kier alpha value is -1.39. The molecule has 1 unspecified atom stereocenters. The molecule has 0 bridgehead atoms. The highest BCUT2D eigenvalue weighted by Gasteiger charge is 2.13. The molecule has 0 amide bonds. The smallest absolute Gasteiger partial charge is 0.135 e. The van der Waals surface area contributed by atoms with E-state index in [-0.39, 0.29) is 6.61 Å². The van der Waals surface area contributed by atoms with Gasteiger partial charge in [-0.15, -0.1) is 0 Å². The van der Waals surface area contributed by atoms with Gasteiger partial charge in [-0.1, -0.05) is 18.6 Å². The van der Waals surface area contributed by atoms with E-state index in [0.29, 0.717) is 6.04 Å². The normalized spacial score (nSPS) is 19.6. The number of rotatable bonds is 5. The lowest BCUT2D eigenvalue weighted by atomic mass is 10.0. The summed E-state index contributed by atoms with van der Waals surface area (Å²) in [6, 6.07) is 8.79. The van der Waals surface area contributed by atoms with Crippen LogP contribution >= 0.6 is 0 Å². The van der Waals surface area contributed by atoms with Crippen molar-refractivity contribution >= 4 is 11.0 Å². The molecule has 3 rings (SSSR count). The van der Waals surface area contributed by atoms with Crippen LogP contribution < -0.4 is 5.32 Å². The SMILES string of the molecule is OCc1nc2ccccc2n1CCCC1CCCCN1. The number of aromatic nitrogens is 2. The summed E-state index contributed by atoms with van der Waals surface area (Å²) in [4.78, 5) is 4.49. The molecule has 1 fully saturated rings. The zero-order valence-corrected chi connectivity index (χ0v) is 11.9. The number of hydrogen-bond acceptors (Lipinski definition) is 3. The first-order valence-electron chi connectivity index (χ1n) is 7.67. The van der Waals surface area contributed by atoms with Crippen molar-refractivity contribution < 1.29 is 5.11 Å². The van der Waals surface area contributed by atoms with Crippen LogP contribution in [0, 0.1) is 0 Å². The van der Waals surface area contributed by atoms with Crippen LogP contribution in [0.25, 0.3) is 11.0 Å². The van der Waals surface area contributed by atoms with Gasteiger partial charge in [0.15, 0.2) is 0 Å². The number of hydrogen-bond donors (Lipinski definition) is 2. The standard InChI is InChI=1S/C16H23N3O/c20-12-16-18-14-8-1-2-9-15(14)19(16)11-5-7-13-6-3-4-10-17-13/h1-2,8-9,13,17,20H,3-7,10-12H2. The van der Waals surface area contributed by atoms with Crippen LogP contribution in [0.1, 0.15) is 37.9 Å². The molecule has 0 aliphatic carbocycles. The first kappa shape index (κ1) is 13.6. The van der Waals surface area contributed by atoms with Gasteiger partial charge in [-0.2, -0.15) is 0 Å². The number of nitrogens with zero attached hydrogens (tertiary/aromatic N) is 2. The number of para-hydroxylation sites is 2. The molecule has 1 atom stereocenters. The molecule has 0 radical (unpaired) electrons. The van der Waals surface area contributed by atoms with Crippen molar-refractivity contribution in [3.05, 3.63) is 30.1 Å². The molecule has 1 aromatic carbocycles. The summed E-state index contributed by atoms with van der Waals surface area (Å²) in [5.74, 6) is 0.780. The fraction of sp³-hybridized carbons (Fsp3) is 0.562. The molecule has 0 spiro atoms. The first-order chi connectivity index (χ1) is 9.88. The number of aryl methyl sites for hydroxylation is 1. The van der Waals surface area contributed by atoms with Gasteiger partial charge in [-0.3, -0.25) is 0 Å². The molecule has 20 heavy (non-hydrogen) atoms. The highest BCUT2D eigenvalue weighted by molar-refractivity contribution is 5.75. The molecule has 0 saturated carbocycles. The molecule has 1 aromatic heterocycles. The van der Waals surface area contributed by atoms with E-state index in [1.807, 2.05) is 18.2 Å². The van der Waals surface area contributed by atoms with Crippen LogP contribution in [0.15, 0.2) is 24.3 Å². The summed E-state index contributed by atoms with van der Waals surface area (Å²) in [5, 5.41) is 13.1. The van der Waals surface area contributed by atoms with Gasteiger partial charge in [-0.25, -0.2) is 4.98 Å². The Bertz CT molecular complexity index is 558. The monoisotopic (exact) mass is 273 g/mol. The second-order valence-electron chi connectivity index (χ2n) is 5.62. The van der Waals surface area contributed by atoms with Gasteiger partial charge in [0.05, 0.1) is 11.0 Å². The van der Waals surface area contributed by atoms with Gasteiger partial charge in [0.25, 0.3) is 0 Å². The van der Waals surface area contributed by atoms with Gasteiger partial charge in [0.1, 0.15) is 12.4 Å². The minimum Gasteiger partial charge on any atom is -0.388 e. The second-order valence-corrected chi connectivity index (χ2v) is 5.62. The first-order valence-corrected chi connectivity index (χ1v) is 7.67. The Labute approximate surface area is 119 Å². The quantitative estimate of drug-likeness (QED) is 0.880. The van der Waals surface area contributed by atoms with Gasteiger partial charge >= 0.3 is 0 Å². The fourth-order valence-electron chi connectivity index (χ4n) is 3.16. The number of imidazole rings is 1. The van der Waals surface area contributed by atoms with Crippen molar-refractivity contribution in [1.29, 1.82) is 0 Å². The van der Waals surface area contributed by atoms with E-state index in [0.717, 1.165) is 29.8 Å². The molecule has 2 heterocycles. The van der Waals surface area contributed by atoms with Crippen molar-refractivity contribution in [1.82, 2.24) is 14.9 Å². The van der Waals surface area contributed by atoms with Gasteiger partial charge in [0.2, 0.25) is 0 Å². The Balaban J connectivity index is 1.66. The van der Waals surface area contributed by atoms with Gasteiger partial charge in [0, 0.05) is 12.6 Å². The minimum absolute atomic E-state index is 0.0103. The number of benzene rings is 1. The molecular weight excluding hydrogens is 250 g/mol. The summed E-state index contributed by atoms with van der Waals surface area (Å²) in [5.41, 5.74) is 2.11.